The number of aromatic nitrogens is 1. The van der Waals surface area contributed by atoms with Crippen molar-refractivity contribution < 1.29 is 4.79 Å². The van der Waals surface area contributed by atoms with E-state index in [4.69, 9.17) is 0 Å². The summed E-state index contributed by atoms with van der Waals surface area (Å²) in [6.45, 7) is 4.17. The minimum atomic E-state index is 0.0922. The lowest BCUT2D eigenvalue weighted by atomic mass is 9.89. The van der Waals surface area contributed by atoms with E-state index in [-0.39, 0.29) is 11.9 Å². The standard InChI is InChI=1S/C19H21N3O/c1-13-3-4-17-15(11-13)16-12-21(2)10-7-18(16)22(17)19(23)14-5-8-20-9-6-14/h3-6,8-9,11,16,18H,7,10,12H2,1-2H3/t16-,18-/m1/s1. The number of nitrogens with zero attached hydrogens (tertiary/aromatic N) is 3. The van der Waals surface area contributed by atoms with E-state index in [1.54, 1.807) is 24.5 Å². The molecule has 0 bridgehead atoms. The van der Waals surface area contributed by atoms with Crippen LogP contribution in [0.1, 0.15) is 33.8 Å². The van der Waals surface area contributed by atoms with Gasteiger partial charge in [0.25, 0.3) is 5.91 Å². The van der Waals surface area contributed by atoms with Crippen molar-refractivity contribution in [3.05, 3.63) is 59.4 Å². The number of fused-ring (bicyclic) bond motifs is 3. The van der Waals surface area contributed by atoms with Gasteiger partial charge in [-0.15, -0.1) is 0 Å². The highest BCUT2D eigenvalue weighted by molar-refractivity contribution is 6.08. The van der Waals surface area contributed by atoms with E-state index in [9.17, 15) is 4.79 Å². The summed E-state index contributed by atoms with van der Waals surface area (Å²) >= 11 is 0. The van der Waals surface area contributed by atoms with Gasteiger partial charge in [0.15, 0.2) is 0 Å². The predicted molar refractivity (Wildman–Crippen MR) is 90.9 cm³/mol. The molecule has 0 spiro atoms. The van der Waals surface area contributed by atoms with Gasteiger partial charge in [-0.3, -0.25) is 9.78 Å². The topological polar surface area (TPSA) is 36.4 Å². The summed E-state index contributed by atoms with van der Waals surface area (Å²) in [7, 11) is 2.17. The average Bonchev–Trinajstić information content (AvgIpc) is 2.88. The Hall–Kier alpha value is -2.20. The summed E-state index contributed by atoms with van der Waals surface area (Å²) in [6.07, 6.45) is 4.39. The quantitative estimate of drug-likeness (QED) is 0.813. The Morgan fingerprint density at radius 2 is 2.00 bits per heavy atom. The van der Waals surface area contributed by atoms with Crippen LogP contribution >= 0.6 is 0 Å². The molecule has 1 fully saturated rings. The van der Waals surface area contributed by atoms with Crippen LogP contribution in [-0.2, 0) is 0 Å². The molecule has 2 atom stereocenters. The van der Waals surface area contributed by atoms with Gasteiger partial charge in [0, 0.05) is 42.1 Å². The summed E-state index contributed by atoms with van der Waals surface area (Å²) in [6, 6.07) is 10.3. The third kappa shape index (κ3) is 2.34. The van der Waals surface area contributed by atoms with E-state index in [0.717, 1.165) is 25.2 Å². The molecule has 2 aliphatic rings. The summed E-state index contributed by atoms with van der Waals surface area (Å²) in [5, 5.41) is 0. The van der Waals surface area contributed by atoms with Crippen LogP contribution in [0.4, 0.5) is 5.69 Å². The molecule has 1 aromatic carbocycles. The molecule has 3 heterocycles. The predicted octanol–water partition coefficient (Wildman–Crippen LogP) is 2.84. The van der Waals surface area contributed by atoms with Gasteiger partial charge in [0.05, 0.1) is 0 Å². The Morgan fingerprint density at radius 3 is 2.78 bits per heavy atom. The van der Waals surface area contributed by atoms with Crippen LogP contribution in [0.2, 0.25) is 0 Å². The molecule has 1 aromatic heterocycles. The highest BCUT2D eigenvalue weighted by atomic mass is 16.2. The monoisotopic (exact) mass is 307 g/mol. The van der Waals surface area contributed by atoms with Crippen molar-refractivity contribution in [1.29, 1.82) is 0 Å². The van der Waals surface area contributed by atoms with E-state index >= 15 is 0 Å². The van der Waals surface area contributed by atoms with E-state index in [1.165, 1.54) is 11.1 Å². The van der Waals surface area contributed by atoms with Crippen LogP contribution in [0.5, 0.6) is 0 Å². The number of likely N-dealkylation sites (N-methyl/N-ethyl adjacent to an activating group) is 1. The fraction of sp³-hybridized carbons (Fsp3) is 0.368. The summed E-state index contributed by atoms with van der Waals surface area (Å²) in [5.74, 6) is 0.504. The van der Waals surface area contributed by atoms with E-state index < -0.39 is 0 Å². The first-order valence-corrected chi connectivity index (χ1v) is 8.18. The Labute approximate surface area is 136 Å². The number of hydrogen-bond acceptors (Lipinski definition) is 3. The molecular weight excluding hydrogens is 286 g/mol. The first kappa shape index (κ1) is 14.4. The van der Waals surface area contributed by atoms with Crippen molar-refractivity contribution in [2.24, 2.45) is 0 Å². The van der Waals surface area contributed by atoms with Crippen molar-refractivity contribution in [2.45, 2.75) is 25.3 Å². The van der Waals surface area contributed by atoms with Gasteiger partial charge in [-0.25, -0.2) is 0 Å². The molecule has 0 aliphatic carbocycles. The molecule has 0 N–H and O–H groups in total. The Kier molecular flexibility index (Phi) is 3.42. The molecule has 23 heavy (non-hydrogen) atoms. The van der Waals surface area contributed by atoms with Crippen LogP contribution in [0.25, 0.3) is 0 Å². The van der Waals surface area contributed by atoms with Crippen LogP contribution in [0.15, 0.2) is 42.7 Å². The second kappa shape index (κ2) is 5.46. The Balaban J connectivity index is 1.79. The maximum absolute atomic E-state index is 13.1. The molecular formula is C19H21N3O. The minimum Gasteiger partial charge on any atom is -0.306 e. The maximum Gasteiger partial charge on any atom is 0.258 e. The van der Waals surface area contributed by atoms with Crippen molar-refractivity contribution in [3.8, 4) is 0 Å². The minimum absolute atomic E-state index is 0.0922. The van der Waals surface area contributed by atoms with E-state index in [1.807, 2.05) is 4.90 Å². The fourth-order valence-electron chi connectivity index (χ4n) is 3.98. The van der Waals surface area contributed by atoms with Gasteiger partial charge in [0.1, 0.15) is 0 Å². The van der Waals surface area contributed by atoms with Gasteiger partial charge < -0.3 is 9.80 Å². The first-order chi connectivity index (χ1) is 11.1. The zero-order valence-corrected chi connectivity index (χ0v) is 13.6. The van der Waals surface area contributed by atoms with Crippen LogP contribution in [0.3, 0.4) is 0 Å². The molecule has 0 radical (unpaired) electrons. The molecule has 0 unspecified atom stereocenters. The number of likely N-dealkylation sites (tertiary alicyclic amines) is 1. The molecule has 4 heteroatoms. The molecule has 1 amide bonds. The molecule has 118 valence electrons. The van der Waals surface area contributed by atoms with Crippen molar-refractivity contribution in [2.75, 3.05) is 25.0 Å². The first-order valence-electron chi connectivity index (χ1n) is 8.18. The second-order valence-corrected chi connectivity index (χ2v) is 6.70. The van der Waals surface area contributed by atoms with Crippen LogP contribution in [0, 0.1) is 6.92 Å². The largest absolute Gasteiger partial charge is 0.306 e. The number of amides is 1. The zero-order valence-electron chi connectivity index (χ0n) is 13.6. The number of rotatable bonds is 1. The van der Waals surface area contributed by atoms with E-state index in [0.29, 0.717) is 11.5 Å². The van der Waals surface area contributed by atoms with Gasteiger partial charge in [-0.05, 0) is 50.7 Å². The number of pyridine rings is 1. The number of anilines is 1. The highest BCUT2D eigenvalue weighted by Crippen LogP contribution is 2.45. The molecule has 0 saturated carbocycles. The van der Waals surface area contributed by atoms with Crippen LogP contribution < -0.4 is 4.90 Å². The SMILES string of the molecule is Cc1ccc2c(c1)[C@H]1CN(C)CC[C@H]1N2C(=O)c1ccncc1. The number of carbonyl (C=O) groups is 1. The number of piperidine rings is 1. The smallest absolute Gasteiger partial charge is 0.258 e. The Morgan fingerprint density at radius 1 is 1.22 bits per heavy atom. The number of benzene rings is 1. The zero-order chi connectivity index (χ0) is 16.0. The van der Waals surface area contributed by atoms with Crippen molar-refractivity contribution >= 4 is 11.6 Å². The Bertz CT molecular complexity index is 744. The lowest BCUT2D eigenvalue weighted by Crippen LogP contribution is -2.47. The fourth-order valence-corrected chi connectivity index (χ4v) is 3.98. The highest BCUT2D eigenvalue weighted by Gasteiger charge is 2.43. The lowest BCUT2D eigenvalue weighted by molar-refractivity contribution is 0.0964. The second-order valence-electron chi connectivity index (χ2n) is 6.70. The van der Waals surface area contributed by atoms with Gasteiger partial charge in [0.2, 0.25) is 0 Å². The van der Waals surface area contributed by atoms with Crippen molar-refractivity contribution in [1.82, 2.24) is 9.88 Å². The van der Waals surface area contributed by atoms with Gasteiger partial charge in [-0.2, -0.15) is 0 Å². The number of aryl methyl sites for hydroxylation is 1. The number of carbonyl (C=O) groups excluding carboxylic acids is 1. The van der Waals surface area contributed by atoms with E-state index in [2.05, 4.69) is 42.1 Å². The van der Waals surface area contributed by atoms with Gasteiger partial charge in [-0.1, -0.05) is 17.7 Å². The normalized spacial score (nSPS) is 23.5. The molecule has 2 aromatic rings. The maximum atomic E-state index is 13.1. The lowest BCUT2D eigenvalue weighted by Gasteiger charge is -2.36. The molecule has 4 rings (SSSR count). The average molecular weight is 307 g/mol. The summed E-state index contributed by atoms with van der Waals surface area (Å²) in [4.78, 5) is 21.5. The molecule has 1 saturated heterocycles. The molecule has 4 nitrogen and oxygen atoms in total. The van der Waals surface area contributed by atoms with Gasteiger partial charge >= 0.3 is 0 Å². The summed E-state index contributed by atoms with van der Waals surface area (Å²) in [5.41, 5.74) is 4.38. The van der Waals surface area contributed by atoms with Crippen LogP contribution in [-0.4, -0.2) is 42.0 Å². The molecule has 2 aliphatic heterocycles. The summed E-state index contributed by atoms with van der Waals surface area (Å²) < 4.78 is 0. The number of hydrogen-bond donors (Lipinski definition) is 0. The third-order valence-corrected chi connectivity index (χ3v) is 5.10. The van der Waals surface area contributed by atoms with Crippen molar-refractivity contribution in [3.63, 3.8) is 0 Å². The third-order valence-electron chi connectivity index (χ3n) is 5.10.